The highest BCUT2D eigenvalue weighted by molar-refractivity contribution is 8.06. The van der Waals surface area contributed by atoms with E-state index in [2.05, 4.69) is 15.2 Å². The number of thioether (sulfide) groups is 1. The molecule has 3 nitrogen and oxygen atoms in total. The maximum atomic E-state index is 5.40. The molecule has 1 aromatic heterocycles. The SMILES string of the molecule is C#CS/C=C(\C)c1cnc(N)cn1. The highest BCUT2D eigenvalue weighted by Crippen LogP contribution is 2.14. The summed E-state index contributed by atoms with van der Waals surface area (Å²) in [5.74, 6) is 0.418. The van der Waals surface area contributed by atoms with Crippen LogP contribution in [0.1, 0.15) is 12.6 Å². The van der Waals surface area contributed by atoms with Crippen molar-refractivity contribution in [2.45, 2.75) is 6.92 Å². The summed E-state index contributed by atoms with van der Waals surface area (Å²) < 4.78 is 0. The third kappa shape index (κ3) is 2.80. The van der Waals surface area contributed by atoms with E-state index in [1.165, 1.54) is 18.0 Å². The Morgan fingerprint density at radius 1 is 1.62 bits per heavy atom. The summed E-state index contributed by atoms with van der Waals surface area (Å²) >= 11 is 1.28. The normalized spacial score (nSPS) is 10.9. The highest BCUT2D eigenvalue weighted by atomic mass is 32.2. The molecular formula is C9H9N3S. The Hall–Kier alpha value is -1.47. The van der Waals surface area contributed by atoms with Crippen molar-refractivity contribution < 1.29 is 0 Å². The predicted octanol–water partition coefficient (Wildman–Crippen LogP) is 1.74. The molecule has 0 spiro atoms. The van der Waals surface area contributed by atoms with Crippen molar-refractivity contribution in [1.82, 2.24) is 9.97 Å². The van der Waals surface area contributed by atoms with Gasteiger partial charge < -0.3 is 5.73 Å². The molecular weight excluding hydrogens is 182 g/mol. The molecule has 1 rings (SSSR count). The van der Waals surface area contributed by atoms with Crippen LogP contribution in [-0.2, 0) is 0 Å². The molecule has 0 atom stereocenters. The summed E-state index contributed by atoms with van der Waals surface area (Å²) in [6.07, 6.45) is 8.24. The van der Waals surface area contributed by atoms with Gasteiger partial charge in [-0.15, -0.1) is 6.42 Å². The first kappa shape index (κ1) is 9.62. The van der Waals surface area contributed by atoms with Gasteiger partial charge in [0.05, 0.1) is 18.1 Å². The van der Waals surface area contributed by atoms with Crippen molar-refractivity contribution in [3.05, 3.63) is 23.5 Å². The van der Waals surface area contributed by atoms with Crippen molar-refractivity contribution in [1.29, 1.82) is 0 Å². The van der Waals surface area contributed by atoms with Crippen LogP contribution in [0.15, 0.2) is 17.8 Å². The molecule has 0 aromatic carbocycles. The Morgan fingerprint density at radius 3 is 2.92 bits per heavy atom. The van der Waals surface area contributed by atoms with Crippen LogP contribution in [0.2, 0.25) is 0 Å². The molecule has 2 N–H and O–H groups in total. The Labute approximate surface area is 81.5 Å². The standard InChI is InChI=1S/C9H9N3S/c1-3-13-6-7(2)8-4-12-9(10)5-11-8/h1,4-6H,2H3,(H2,10,12)/b7-6+. The Bertz CT molecular complexity index is 348. The second-order valence-corrected chi connectivity index (χ2v) is 3.07. The monoisotopic (exact) mass is 191 g/mol. The fourth-order valence-electron chi connectivity index (χ4n) is 0.724. The summed E-state index contributed by atoms with van der Waals surface area (Å²) in [5.41, 5.74) is 7.17. The van der Waals surface area contributed by atoms with Crippen molar-refractivity contribution in [2.24, 2.45) is 0 Å². The van der Waals surface area contributed by atoms with Gasteiger partial charge in [-0.3, -0.25) is 4.98 Å². The molecule has 0 saturated heterocycles. The minimum atomic E-state index is 0.418. The number of hydrogen-bond acceptors (Lipinski definition) is 4. The molecule has 0 saturated carbocycles. The number of terminal acetylenes is 1. The third-order valence-electron chi connectivity index (χ3n) is 1.38. The van der Waals surface area contributed by atoms with Crippen LogP contribution in [0.25, 0.3) is 5.57 Å². The Morgan fingerprint density at radius 2 is 2.38 bits per heavy atom. The van der Waals surface area contributed by atoms with E-state index in [1.54, 1.807) is 6.20 Å². The summed E-state index contributed by atoms with van der Waals surface area (Å²) in [6, 6.07) is 0. The van der Waals surface area contributed by atoms with E-state index in [1.807, 2.05) is 12.3 Å². The van der Waals surface area contributed by atoms with Gasteiger partial charge in [0.25, 0.3) is 0 Å². The Kier molecular flexibility index (Phi) is 3.35. The number of hydrogen-bond donors (Lipinski definition) is 1. The number of aromatic nitrogens is 2. The number of nitrogens with zero attached hydrogens (tertiary/aromatic N) is 2. The highest BCUT2D eigenvalue weighted by Gasteiger charge is 1.96. The largest absolute Gasteiger partial charge is 0.382 e. The second kappa shape index (κ2) is 4.53. The molecule has 0 aliphatic rings. The van der Waals surface area contributed by atoms with Crippen molar-refractivity contribution >= 4 is 23.2 Å². The van der Waals surface area contributed by atoms with Crippen LogP contribution in [-0.4, -0.2) is 9.97 Å². The molecule has 66 valence electrons. The van der Waals surface area contributed by atoms with Gasteiger partial charge in [0.2, 0.25) is 0 Å². The van der Waals surface area contributed by atoms with Gasteiger partial charge in [-0.05, 0) is 34.9 Å². The van der Waals surface area contributed by atoms with Crippen LogP contribution in [0.5, 0.6) is 0 Å². The summed E-state index contributed by atoms with van der Waals surface area (Å²) in [5, 5.41) is 4.29. The van der Waals surface area contributed by atoms with Gasteiger partial charge in [0, 0.05) is 0 Å². The maximum Gasteiger partial charge on any atom is 0.141 e. The lowest BCUT2D eigenvalue weighted by Crippen LogP contribution is -1.93. The van der Waals surface area contributed by atoms with Crippen molar-refractivity contribution in [3.63, 3.8) is 0 Å². The number of nitrogens with two attached hydrogens (primary N) is 1. The van der Waals surface area contributed by atoms with Crippen molar-refractivity contribution in [3.8, 4) is 11.7 Å². The zero-order valence-electron chi connectivity index (χ0n) is 7.19. The molecule has 4 heteroatoms. The minimum absolute atomic E-state index is 0.418. The van der Waals surface area contributed by atoms with E-state index in [0.29, 0.717) is 5.82 Å². The zero-order chi connectivity index (χ0) is 9.68. The minimum Gasteiger partial charge on any atom is -0.382 e. The van der Waals surface area contributed by atoms with Crippen molar-refractivity contribution in [2.75, 3.05) is 5.73 Å². The third-order valence-corrected chi connectivity index (χ3v) is 1.99. The molecule has 1 heterocycles. The smallest absolute Gasteiger partial charge is 0.141 e. The fourth-order valence-corrected chi connectivity index (χ4v) is 1.09. The molecule has 0 bridgehead atoms. The molecule has 13 heavy (non-hydrogen) atoms. The van der Waals surface area contributed by atoms with Gasteiger partial charge in [0.1, 0.15) is 5.82 Å². The lowest BCUT2D eigenvalue weighted by Gasteiger charge is -1.98. The van der Waals surface area contributed by atoms with E-state index in [-0.39, 0.29) is 0 Å². The Balaban J connectivity index is 2.84. The molecule has 0 aliphatic heterocycles. The average molecular weight is 191 g/mol. The first-order chi connectivity index (χ1) is 6.24. The fraction of sp³-hybridized carbons (Fsp3) is 0.111. The van der Waals surface area contributed by atoms with Crippen LogP contribution in [0.3, 0.4) is 0 Å². The quantitative estimate of drug-likeness (QED) is 0.723. The van der Waals surface area contributed by atoms with Crippen LogP contribution < -0.4 is 5.73 Å². The number of allylic oxidation sites excluding steroid dienone is 1. The second-order valence-electron chi connectivity index (χ2n) is 2.36. The topological polar surface area (TPSA) is 51.8 Å². The van der Waals surface area contributed by atoms with Gasteiger partial charge >= 0.3 is 0 Å². The first-order valence-corrected chi connectivity index (χ1v) is 4.48. The van der Waals surface area contributed by atoms with E-state index in [0.717, 1.165) is 11.3 Å². The summed E-state index contributed by atoms with van der Waals surface area (Å²) in [4.78, 5) is 8.02. The molecule has 1 aromatic rings. The lowest BCUT2D eigenvalue weighted by molar-refractivity contribution is 1.17. The molecule has 0 fully saturated rings. The van der Waals surface area contributed by atoms with Gasteiger partial charge in [-0.2, -0.15) is 0 Å². The van der Waals surface area contributed by atoms with Gasteiger partial charge in [0.15, 0.2) is 0 Å². The average Bonchev–Trinajstić information content (AvgIpc) is 2.15. The molecule has 0 aliphatic carbocycles. The van der Waals surface area contributed by atoms with Crippen LogP contribution >= 0.6 is 11.8 Å². The number of nitrogen functional groups attached to an aromatic ring is 1. The number of anilines is 1. The van der Waals surface area contributed by atoms with Crippen LogP contribution in [0.4, 0.5) is 5.82 Å². The predicted molar refractivity (Wildman–Crippen MR) is 56.5 cm³/mol. The summed E-state index contributed by atoms with van der Waals surface area (Å²) in [6.45, 7) is 1.92. The van der Waals surface area contributed by atoms with E-state index in [9.17, 15) is 0 Å². The summed E-state index contributed by atoms with van der Waals surface area (Å²) in [7, 11) is 0. The van der Waals surface area contributed by atoms with Crippen LogP contribution in [0, 0.1) is 11.7 Å². The first-order valence-electron chi connectivity index (χ1n) is 3.60. The lowest BCUT2D eigenvalue weighted by atomic mass is 10.2. The number of rotatable bonds is 2. The van der Waals surface area contributed by atoms with Gasteiger partial charge in [-0.1, -0.05) is 0 Å². The molecule has 0 amide bonds. The molecule has 0 unspecified atom stereocenters. The van der Waals surface area contributed by atoms with E-state index in [4.69, 9.17) is 12.2 Å². The van der Waals surface area contributed by atoms with E-state index < -0.39 is 0 Å². The zero-order valence-corrected chi connectivity index (χ0v) is 8.01. The maximum absolute atomic E-state index is 5.40. The van der Waals surface area contributed by atoms with Gasteiger partial charge in [-0.25, -0.2) is 4.98 Å². The molecule has 0 radical (unpaired) electrons. The van der Waals surface area contributed by atoms with E-state index >= 15 is 0 Å².